The third-order valence-corrected chi connectivity index (χ3v) is 10.0. The lowest BCUT2D eigenvalue weighted by Gasteiger charge is -2.24. The van der Waals surface area contributed by atoms with Crippen LogP contribution in [0.3, 0.4) is 0 Å². The van der Waals surface area contributed by atoms with E-state index in [0.717, 1.165) is 96.7 Å². The Bertz CT molecular complexity index is 682. The van der Waals surface area contributed by atoms with Gasteiger partial charge >= 0.3 is 11.9 Å². The van der Waals surface area contributed by atoms with Crippen LogP contribution in [0.5, 0.6) is 0 Å². The zero-order valence-electron chi connectivity index (χ0n) is 33.2. The lowest BCUT2D eigenvalue weighted by Crippen LogP contribution is -2.28. The predicted molar refractivity (Wildman–Crippen MR) is 204 cm³/mol. The molecule has 6 nitrogen and oxygen atoms in total. The summed E-state index contributed by atoms with van der Waals surface area (Å²) in [5.74, 6) is -0.0725. The summed E-state index contributed by atoms with van der Waals surface area (Å²) < 4.78 is 11.3. The van der Waals surface area contributed by atoms with Crippen LogP contribution in [-0.2, 0) is 19.1 Å². The smallest absolute Gasteiger partial charge is 0.311 e. The van der Waals surface area contributed by atoms with Gasteiger partial charge in [0.15, 0.2) is 0 Å². The van der Waals surface area contributed by atoms with Gasteiger partial charge in [-0.05, 0) is 98.7 Å². The summed E-state index contributed by atoms with van der Waals surface area (Å²) in [5, 5.41) is 9.27. The van der Waals surface area contributed by atoms with Crippen molar-refractivity contribution < 1.29 is 24.2 Å². The third-order valence-electron chi connectivity index (χ3n) is 10.0. The zero-order valence-corrected chi connectivity index (χ0v) is 33.2. The molecule has 0 aromatic heterocycles. The van der Waals surface area contributed by atoms with Gasteiger partial charge in [-0.3, -0.25) is 9.59 Å². The fourth-order valence-electron chi connectivity index (χ4n) is 6.34. The van der Waals surface area contributed by atoms with Crippen LogP contribution in [0.2, 0.25) is 0 Å². The van der Waals surface area contributed by atoms with Crippen LogP contribution in [0, 0.1) is 10.8 Å². The molecule has 0 unspecified atom stereocenters. The molecule has 0 heterocycles. The maximum Gasteiger partial charge on any atom is 0.311 e. The summed E-state index contributed by atoms with van der Waals surface area (Å²) in [6.45, 7) is 17.3. The van der Waals surface area contributed by atoms with E-state index in [0.29, 0.717) is 13.2 Å². The number of carbonyl (C=O) groups is 2. The Morgan fingerprint density at radius 1 is 0.458 bits per heavy atom. The second kappa shape index (κ2) is 31.8. The van der Waals surface area contributed by atoms with Crippen molar-refractivity contribution in [3.63, 3.8) is 0 Å². The molecular weight excluding hydrogens is 598 g/mol. The van der Waals surface area contributed by atoms with Crippen LogP contribution in [0.4, 0.5) is 0 Å². The number of nitrogens with zero attached hydrogens (tertiary/aromatic N) is 1. The Morgan fingerprint density at radius 2 is 0.771 bits per heavy atom. The Labute approximate surface area is 299 Å². The van der Waals surface area contributed by atoms with Gasteiger partial charge in [0.2, 0.25) is 0 Å². The van der Waals surface area contributed by atoms with E-state index in [1.165, 1.54) is 89.9 Å². The summed E-state index contributed by atoms with van der Waals surface area (Å²) in [6.07, 6.45) is 30.1. The highest BCUT2D eigenvalue weighted by Crippen LogP contribution is 2.27. The summed E-state index contributed by atoms with van der Waals surface area (Å²) in [7, 11) is 0. The monoisotopic (exact) mass is 682 g/mol. The Hall–Kier alpha value is -1.14. The van der Waals surface area contributed by atoms with Gasteiger partial charge in [0, 0.05) is 6.61 Å². The lowest BCUT2D eigenvalue weighted by molar-refractivity contribution is -0.155. The first kappa shape index (κ1) is 46.9. The van der Waals surface area contributed by atoms with Gasteiger partial charge in [-0.25, -0.2) is 0 Å². The standard InChI is InChI=1S/C42H83NO5/c1-7-9-11-13-15-21-29-37-47-39(45)41(3,4)31-23-17-19-25-33-43(35-27-28-36-44)34-26-20-18-24-32-42(5,6)40(46)48-38-30-22-16-14-12-10-8-2/h44H,7-38H2,1-6H3. The van der Waals surface area contributed by atoms with Crippen LogP contribution in [0.25, 0.3) is 0 Å². The first-order valence-electron chi connectivity index (χ1n) is 20.8. The fraction of sp³-hybridized carbons (Fsp3) is 0.952. The zero-order chi connectivity index (χ0) is 35.8. The Kier molecular flexibility index (Phi) is 31.1. The molecule has 0 aliphatic rings. The van der Waals surface area contributed by atoms with E-state index in [-0.39, 0.29) is 18.5 Å². The second-order valence-electron chi connectivity index (χ2n) is 15.9. The maximum absolute atomic E-state index is 12.6. The predicted octanol–water partition coefficient (Wildman–Crippen LogP) is 11.6. The van der Waals surface area contributed by atoms with Gasteiger partial charge in [0.25, 0.3) is 0 Å². The number of hydrogen-bond acceptors (Lipinski definition) is 6. The van der Waals surface area contributed by atoms with Crippen molar-refractivity contribution in [1.82, 2.24) is 4.90 Å². The number of ether oxygens (including phenoxy) is 2. The number of hydrogen-bond donors (Lipinski definition) is 1. The molecule has 0 fully saturated rings. The largest absolute Gasteiger partial charge is 0.465 e. The molecule has 0 atom stereocenters. The summed E-state index contributed by atoms with van der Waals surface area (Å²) in [4.78, 5) is 27.9. The molecule has 286 valence electrons. The van der Waals surface area contributed by atoms with Crippen molar-refractivity contribution in [1.29, 1.82) is 0 Å². The number of carbonyl (C=O) groups excluding carboxylic acids is 2. The highest BCUT2D eigenvalue weighted by molar-refractivity contribution is 5.76. The molecule has 0 radical (unpaired) electrons. The highest BCUT2D eigenvalue weighted by atomic mass is 16.5. The van der Waals surface area contributed by atoms with Crippen LogP contribution in [-0.4, -0.2) is 61.4 Å². The van der Waals surface area contributed by atoms with Gasteiger partial charge in [-0.15, -0.1) is 0 Å². The molecule has 0 spiro atoms. The van der Waals surface area contributed by atoms with E-state index in [9.17, 15) is 14.7 Å². The Balaban J connectivity index is 4.12. The van der Waals surface area contributed by atoms with Crippen molar-refractivity contribution >= 4 is 11.9 Å². The van der Waals surface area contributed by atoms with Crippen molar-refractivity contribution in [3.8, 4) is 0 Å². The van der Waals surface area contributed by atoms with Gasteiger partial charge in [0.1, 0.15) is 0 Å². The van der Waals surface area contributed by atoms with Crippen LogP contribution in [0.15, 0.2) is 0 Å². The molecule has 0 bridgehead atoms. The van der Waals surface area contributed by atoms with Gasteiger partial charge in [0.05, 0.1) is 24.0 Å². The van der Waals surface area contributed by atoms with E-state index in [1.807, 2.05) is 27.7 Å². The number of esters is 2. The van der Waals surface area contributed by atoms with E-state index in [4.69, 9.17) is 9.47 Å². The van der Waals surface area contributed by atoms with Crippen molar-refractivity contribution in [2.24, 2.45) is 10.8 Å². The number of rotatable bonds is 36. The molecule has 0 aromatic carbocycles. The normalized spacial score (nSPS) is 12.2. The molecule has 1 N–H and O–H groups in total. The van der Waals surface area contributed by atoms with E-state index >= 15 is 0 Å². The average Bonchev–Trinajstić information content (AvgIpc) is 3.06. The third kappa shape index (κ3) is 27.7. The summed E-state index contributed by atoms with van der Waals surface area (Å²) in [6, 6.07) is 0. The summed E-state index contributed by atoms with van der Waals surface area (Å²) in [5.41, 5.74) is -0.805. The molecule has 48 heavy (non-hydrogen) atoms. The van der Waals surface area contributed by atoms with Gasteiger partial charge in [-0.2, -0.15) is 0 Å². The van der Waals surface area contributed by atoms with E-state index in [1.54, 1.807) is 0 Å². The molecule has 0 amide bonds. The second-order valence-corrected chi connectivity index (χ2v) is 15.9. The number of aliphatic hydroxyl groups excluding tert-OH is 1. The molecule has 0 aliphatic carbocycles. The number of aliphatic hydroxyl groups is 1. The topological polar surface area (TPSA) is 76.1 Å². The van der Waals surface area contributed by atoms with Gasteiger partial charge < -0.3 is 19.5 Å². The molecule has 0 aliphatic heterocycles. The minimum absolute atomic E-state index is 0.0363. The van der Waals surface area contributed by atoms with Crippen LogP contribution < -0.4 is 0 Å². The quantitative estimate of drug-likeness (QED) is 0.0524. The minimum Gasteiger partial charge on any atom is -0.465 e. The van der Waals surface area contributed by atoms with E-state index in [2.05, 4.69) is 18.7 Å². The van der Waals surface area contributed by atoms with Crippen LogP contribution >= 0.6 is 0 Å². The molecule has 6 heteroatoms. The first-order chi connectivity index (χ1) is 23.1. The SMILES string of the molecule is CCCCCCCCCOC(=O)C(C)(C)CCCCCCN(CCCCO)CCCCCCC(C)(C)C(=O)OCCCCCCCCC. The molecule has 0 rings (SSSR count). The van der Waals surface area contributed by atoms with Crippen molar-refractivity contribution in [2.45, 2.75) is 208 Å². The Morgan fingerprint density at radius 3 is 1.15 bits per heavy atom. The number of unbranched alkanes of at least 4 members (excludes halogenated alkanes) is 19. The van der Waals surface area contributed by atoms with E-state index < -0.39 is 10.8 Å². The lowest BCUT2D eigenvalue weighted by atomic mass is 9.87. The molecule has 0 aromatic rings. The highest BCUT2D eigenvalue weighted by Gasteiger charge is 2.29. The van der Waals surface area contributed by atoms with Crippen molar-refractivity contribution in [3.05, 3.63) is 0 Å². The first-order valence-corrected chi connectivity index (χ1v) is 20.8. The molecular formula is C42H83NO5. The summed E-state index contributed by atoms with van der Waals surface area (Å²) >= 11 is 0. The van der Waals surface area contributed by atoms with Gasteiger partial charge in [-0.1, -0.05) is 129 Å². The van der Waals surface area contributed by atoms with Crippen LogP contribution in [0.1, 0.15) is 208 Å². The minimum atomic E-state index is -0.403. The maximum atomic E-state index is 12.6. The van der Waals surface area contributed by atoms with Crippen molar-refractivity contribution in [2.75, 3.05) is 39.5 Å². The molecule has 0 saturated carbocycles. The average molecular weight is 682 g/mol. The molecule has 0 saturated heterocycles. The fourth-order valence-corrected chi connectivity index (χ4v) is 6.34.